The van der Waals surface area contributed by atoms with Crippen LogP contribution in [0.25, 0.3) is 0 Å². The molecule has 0 aromatic heterocycles. The molecule has 5 heteroatoms. The number of nitrogen functional groups attached to an aromatic ring is 1. The molecule has 2 aliphatic heterocycles. The third-order valence-corrected chi connectivity index (χ3v) is 5.40. The first kappa shape index (κ1) is 14.5. The summed E-state index contributed by atoms with van der Waals surface area (Å²) in [6.45, 7) is 3.18. The van der Waals surface area contributed by atoms with E-state index in [4.69, 9.17) is 28.9 Å². The SMILES string of the molecule is CN1C2CCC1CN(Cc1cc(Cl)c(N)c(Cl)c1)CC2. The minimum absolute atomic E-state index is 0.478. The summed E-state index contributed by atoms with van der Waals surface area (Å²) in [6.07, 6.45) is 3.93. The van der Waals surface area contributed by atoms with Crippen LogP contribution in [0.2, 0.25) is 10.0 Å². The normalized spacial score (nSPS) is 27.8. The Bertz CT molecular complexity index is 483. The fourth-order valence-corrected chi connectivity index (χ4v) is 4.04. The van der Waals surface area contributed by atoms with E-state index in [0.717, 1.165) is 31.2 Å². The van der Waals surface area contributed by atoms with E-state index in [1.807, 2.05) is 12.1 Å². The van der Waals surface area contributed by atoms with Crippen molar-refractivity contribution in [3.63, 3.8) is 0 Å². The molecule has 2 saturated heterocycles. The summed E-state index contributed by atoms with van der Waals surface area (Å²) in [6, 6.07) is 5.34. The van der Waals surface area contributed by atoms with Crippen LogP contribution in [0.5, 0.6) is 0 Å². The van der Waals surface area contributed by atoms with Gasteiger partial charge in [0.2, 0.25) is 0 Å². The summed E-state index contributed by atoms with van der Waals surface area (Å²) in [7, 11) is 2.27. The number of likely N-dealkylation sites (N-methyl/N-ethyl adjacent to an activating group) is 1. The van der Waals surface area contributed by atoms with Crippen LogP contribution in [0.4, 0.5) is 5.69 Å². The third kappa shape index (κ3) is 2.77. The average molecular weight is 314 g/mol. The number of anilines is 1. The van der Waals surface area contributed by atoms with Gasteiger partial charge >= 0.3 is 0 Å². The predicted octanol–water partition coefficient (Wildman–Crippen LogP) is 3.24. The van der Waals surface area contributed by atoms with Crippen molar-refractivity contribution in [2.45, 2.75) is 37.9 Å². The van der Waals surface area contributed by atoms with Gasteiger partial charge in [-0.2, -0.15) is 0 Å². The highest BCUT2D eigenvalue weighted by atomic mass is 35.5. The van der Waals surface area contributed by atoms with Crippen molar-refractivity contribution in [3.8, 4) is 0 Å². The molecule has 3 rings (SSSR count). The first-order chi connectivity index (χ1) is 9.54. The molecule has 0 radical (unpaired) electrons. The quantitative estimate of drug-likeness (QED) is 0.851. The van der Waals surface area contributed by atoms with Crippen molar-refractivity contribution >= 4 is 28.9 Å². The Morgan fingerprint density at radius 1 is 1.15 bits per heavy atom. The Hall–Kier alpha value is -0.480. The zero-order valence-electron chi connectivity index (χ0n) is 11.8. The van der Waals surface area contributed by atoms with Gasteiger partial charge in [0.15, 0.2) is 0 Å². The van der Waals surface area contributed by atoms with Crippen LogP contribution in [-0.4, -0.2) is 42.0 Å². The second kappa shape index (κ2) is 5.72. The molecule has 2 bridgehead atoms. The highest BCUT2D eigenvalue weighted by Gasteiger charge is 2.34. The van der Waals surface area contributed by atoms with Gasteiger partial charge in [-0.3, -0.25) is 9.80 Å². The lowest BCUT2D eigenvalue weighted by molar-refractivity contribution is 0.214. The summed E-state index contributed by atoms with van der Waals surface area (Å²) < 4.78 is 0. The van der Waals surface area contributed by atoms with Gasteiger partial charge in [-0.25, -0.2) is 0 Å². The molecule has 2 fully saturated rings. The van der Waals surface area contributed by atoms with E-state index in [1.165, 1.54) is 19.3 Å². The van der Waals surface area contributed by atoms with Crippen LogP contribution in [0.3, 0.4) is 0 Å². The predicted molar refractivity (Wildman–Crippen MR) is 85.3 cm³/mol. The molecule has 3 nitrogen and oxygen atoms in total. The Kier molecular flexibility index (Phi) is 4.14. The Morgan fingerprint density at radius 2 is 1.80 bits per heavy atom. The van der Waals surface area contributed by atoms with Crippen molar-refractivity contribution < 1.29 is 0 Å². The molecule has 2 unspecified atom stereocenters. The number of hydrogen-bond acceptors (Lipinski definition) is 3. The molecule has 2 heterocycles. The van der Waals surface area contributed by atoms with Crippen molar-refractivity contribution in [3.05, 3.63) is 27.7 Å². The summed E-state index contributed by atoms with van der Waals surface area (Å²) >= 11 is 12.2. The molecule has 1 aromatic carbocycles. The Morgan fingerprint density at radius 3 is 2.50 bits per heavy atom. The summed E-state index contributed by atoms with van der Waals surface area (Å²) in [5, 5.41) is 1.11. The Labute approximate surface area is 130 Å². The number of benzene rings is 1. The van der Waals surface area contributed by atoms with Crippen molar-refractivity contribution in [1.29, 1.82) is 0 Å². The molecule has 0 saturated carbocycles. The molecule has 0 aliphatic carbocycles. The van der Waals surface area contributed by atoms with Gasteiger partial charge in [-0.1, -0.05) is 23.2 Å². The number of hydrogen-bond donors (Lipinski definition) is 1. The van der Waals surface area contributed by atoms with Crippen LogP contribution < -0.4 is 5.73 Å². The lowest BCUT2D eigenvalue weighted by atomic mass is 10.1. The number of likely N-dealkylation sites (tertiary alicyclic amines) is 1. The van der Waals surface area contributed by atoms with Crippen LogP contribution >= 0.6 is 23.2 Å². The van der Waals surface area contributed by atoms with E-state index in [-0.39, 0.29) is 0 Å². The molecule has 1 aromatic rings. The minimum atomic E-state index is 0.478. The lowest BCUT2D eigenvalue weighted by Gasteiger charge is -2.25. The van der Waals surface area contributed by atoms with Gasteiger partial charge in [-0.15, -0.1) is 0 Å². The maximum atomic E-state index is 6.12. The number of halogens is 2. The second-order valence-corrected chi connectivity index (χ2v) is 6.86. The van der Waals surface area contributed by atoms with E-state index in [0.29, 0.717) is 21.8 Å². The largest absolute Gasteiger partial charge is 0.396 e. The van der Waals surface area contributed by atoms with Crippen LogP contribution in [0.1, 0.15) is 24.8 Å². The van der Waals surface area contributed by atoms with Crippen molar-refractivity contribution in [2.24, 2.45) is 0 Å². The zero-order chi connectivity index (χ0) is 14.3. The van der Waals surface area contributed by atoms with Gasteiger partial charge in [0.1, 0.15) is 0 Å². The highest BCUT2D eigenvalue weighted by Crippen LogP contribution is 2.31. The highest BCUT2D eigenvalue weighted by molar-refractivity contribution is 6.38. The topological polar surface area (TPSA) is 32.5 Å². The number of nitrogens with zero attached hydrogens (tertiary/aromatic N) is 2. The number of rotatable bonds is 2. The first-order valence-corrected chi connectivity index (χ1v) is 7.98. The molecule has 0 spiro atoms. The maximum Gasteiger partial charge on any atom is 0.0693 e. The molecule has 0 amide bonds. The smallest absolute Gasteiger partial charge is 0.0693 e. The van der Waals surface area contributed by atoms with Gasteiger partial charge < -0.3 is 5.73 Å². The molecular weight excluding hydrogens is 293 g/mol. The summed E-state index contributed by atoms with van der Waals surface area (Å²) in [5.74, 6) is 0. The molecule has 2 atom stereocenters. The maximum absolute atomic E-state index is 6.12. The fourth-order valence-electron chi connectivity index (χ4n) is 3.51. The number of fused-ring (bicyclic) bond motifs is 2. The first-order valence-electron chi connectivity index (χ1n) is 7.22. The zero-order valence-corrected chi connectivity index (χ0v) is 13.3. The summed E-state index contributed by atoms with van der Waals surface area (Å²) in [5.41, 5.74) is 7.42. The van der Waals surface area contributed by atoms with E-state index in [2.05, 4.69) is 16.8 Å². The van der Waals surface area contributed by atoms with Gasteiger partial charge in [-0.05, 0) is 44.0 Å². The number of nitrogens with two attached hydrogens (primary N) is 1. The monoisotopic (exact) mass is 313 g/mol. The van der Waals surface area contributed by atoms with Crippen LogP contribution in [0, 0.1) is 0 Å². The van der Waals surface area contributed by atoms with Crippen LogP contribution in [0.15, 0.2) is 12.1 Å². The summed E-state index contributed by atoms with van der Waals surface area (Å²) in [4.78, 5) is 5.07. The van der Waals surface area contributed by atoms with Crippen molar-refractivity contribution in [2.75, 3.05) is 25.9 Å². The molecule has 20 heavy (non-hydrogen) atoms. The molecule has 2 aliphatic rings. The van der Waals surface area contributed by atoms with Crippen molar-refractivity contribution in [1.82, 2.24) is 9.80 Å². The average Bonchev–Trinajstić information content (AvgIpc) is 2.64. The third-order valence-electron chi connectivity index (χ3n) is 4.78. The molecule has 2 N–H and O–H groups in total. The van der Waals surface area contributed by atoms with Crippen LogP contribution in [-0.2, 0) is 6.54 Å². The van der Waals surface area contributed by atoms with E-state index < -0.39 is 0 Å². The standard InChI is InChI=1S/C15H21Cl2N3/c1-19-11-2-3-12(19)9-20(5-4-11)8-10-6-13(16)15(18)14(17)7-10/h6-7,11-12H,2-5,8-9,18H2,1H3. The van der Waals surface area contributed by atoms with E-state index >= 15 is 0 Å². The van der Waals surface area contributed by atoms with E-state index in [1.54, 1.807) is 0 Å². The Balaban J connectivity index is 1.72. The fraction of sp³-hybridized carbons (Fsp3) is 0.600. The van der Waals surface area contributed by atoms with Gasteiger partial charge in [0.05, 0.1) is 15.7 Å². The second-order valence-electron chi connectivity index (χ2n) is 6.05. The van der Waals surface area contributed by atoms with Gasteiger partial charge in [0, 0.05) is 31.7 Å². The minimum Gasteiger partial charge on any atom is -0.396 e. The van der Waals surface area contributed by atoms with Gasteiger partial charge in [0.25, 0.3) is 0 Å². The van der Waals surface area contributed by atoms with E-state index in [9.17, 15) is 0 Å². The molecular formula is C15H21Cl2N3. The lowest BCUT2D eigenvalue weighted by Crippen LogP contribution is -2.36. The molecule has 110 valence electrons.